The molecular formula is C17H14N6O3. The molecule has 9 heteroatoms. The first-order valence-corrected chi connectivity index (χ1v) is 7.49. The van der Waals surface area contributed by atoms with Gasteiger partial charge in [-0.15, -0.1) is 0 Å². The summed E-state index contributed by atoms with van der Waals surface area (Å²) in [7, 11) is 0. The number of nitrogens with one attached hydrogen (secondary N) is 1. The summed E-state index contributed by atoms with van der Waals surface area (Å²) < 4.78 is 0. The second kappa shape index (κ2) is 7.26. The molecule has 0 aliphatic rings. The van der Waals surface area contributed by atoms with E-state index in [1.54, 1.807) is 48.5 Å². The van der Waals surface area contributed by atoms with Gasteiger partial charge in [-0.1, -0.05) is 24.3 Å². The highest BCUT2D eigenvalue weighted by Crippen LogP contribution is 2.33. The molecule has 0 amide bonds. The molecule has 2 aromatic carbocycles. The molecule has 130 valence electrons. The Labute approximate surface area is 148 Å². The first-order chi connectivity index (χ1) is 12.6. The predicted octanol–water partition coefficient (Wildman–Crippen LogP) is 3.17. The number of hydrogen-bond acceptors (Lipinski definition) is 8. The lowest BCUT2D eigenvalue weighted by Gasteiger charge is -2.09. The number of nitro groups is 1. The van der Waals surface area contributed by atoms with Crippen LogP contribution in [-0.4, -0.2) is 26.2 Å². The molecule has 1 aromatic heterocycles. The van der Waals surface area contributed by atoms with Gasteiger partial charge in [0.25, 0.3) is 0 Å². The van der Waals surface area contributed by atoms with E-state index in [1.165, 1.54) is 6.21 Å². The fourth-order valence-corrected chi connectivity index (χ4v) is 2.22. The van der Waals surface area contributed by atoms with Gasteiger partial charge in [0.05, 0.1) is 16.3 Å². The molecule has 0 unspecified atom stereocenters. The van der Waals surface area contributed by atoms with E-state index in [4.69, 9.17) is 5.73 Å². The largest absolute Gasteiger partial charge is 0.507 e. The van der Waals surface area contributed by atoms with E-state index in [1.807, 2.05) is 0 Å². The number of phenols is 1. The van der Waals surface area contributed by atoms with E-state index >= 15 is 0 Å². The maximum Gasteiger partial charge on any atom is 0.353 e. The van der Waals surface area contributed by atoms with Crippen LogP contribution in [0.15, 0.2) is 59.9 Å². The van der Waals surface area contributed by atoms with Crippen molar-refractivity contribution in [3.8, 4) is 5.75 Å². The Morgan fingerprint density at radius 2 is 1.88 bits per heavy atom. The Balaban J connectivity index is 1.95. The number of aromatic hydroxyl groups is 1. The second-order valence-electron chi connectivity index (χ2n) is 5.17. The van der Waals surface area contributed by atoms with Crippen LogP contribution in [-0.2, 0) is 0 Å². The van der Waals surface area contributed by atoms with Gasteiger partial charge in [-0.25, -0.2) is 9.97 Å². The second-order valence-corrected chi connectivity index (χ2v) is 5.17. The highest BCUT2D eigenvalue weighted by atomic mass is 16.6. The summed E-state index contributed by atoms with van der Waals surface area (Å²) in [6.45, 7) is 0. The van der Waals surface area contributed by atoms with Crippen LogP contribution in [0.1, 0.15) is 5.56 Å². The van der Waals surface area contributed by atoms with E-state index in [-0.39, 0.29) is 17.4 Å². The first kappa shape index (κ1) is 16.8. The number of anilines is 3. The molecule has 0 atom stereocenters. The van der Waals surface area contributed by atoms with Crippen molar-refractivity contribution < 1.29 is 10.0 Å². The van der Waals surface area contributed by atoms with Gasteiger partial charge in [-0.3, -0.25) is 15.1 Å². The topological polar surface area (TPSA) is 140 Å². The average molecular weight is 350 g/mol. The van der Waals surface area contributed by atoms with Crippen LogP contribution in [0, 0.1) is 10.1 Å². The van der Waals surface area contributed by atoms with Crippen molar-refractivity contribution in [3.63, 3.8) is 0 Å². The monoisotopic (exact) mass is 350 g/mol. The Kier molecular flexibility index (Phi) is 4.70. The average Bonchev–Trinajstić information content (AvgIpc) is 2.62. The van der Waals surface area contributed by atoms with Crippen LogP contribution < -0.4 is 11.1 Å². The number of rotatable bonds is 5. The Morgan fingerprint density at radius 3 is 2.65 bits per heavy atom. The third-order valence-corrected chi connectivity index (χ3v) is 3.47. The number of benzene rings is 2. The molecule has 9 nitrogen and oxygen atoms in total. The lowest BCUT2D eigenvalue weighted by atomic mass is 10.2. The van der Waals surface area contributed by atoms with Gasteiger partial charge in [0, 0.05) is 11.8 Å². The Bertz CT molecular complexity index is 990. The Morgan fingerprint density at radius 1 is 1.15 bits per heavy atom. The summed E-state index contributed by atoms with van der Waals surface area (Å²) in [5.41, 5.74) is 6.69. The van der Waals surface area contributed by atoms with E-state index in [0.717, 1.165) is 6.33 Å². The van der Waals surface area contributed by atoms with Crippen molar-refractivity contribution in [3.05, 3.63) is 70.5 Å². The minimum atomic E-state index is -0.647. The van der Waals surface area contributed by atoms with Gasteiger partial charge in [0.1, 0.15) is 12.1 Å². The third kappa shape index (κ3) is 3.56. The van der Waals surface area contributed by atoms with Gasteiger partial charge in [0.2, 0.25) is 11.6 Å². The minimum Gasteiger partial charge on any atom is -0.507 e. The highest BCUT2D eigenvalue weighted by Gasteiger charge is 2.21. The Hall–Kier alpha value is -4.01. The number of hydrogen-bond donors (Lipinski definition) is 3. The normalized spacial score (nSPS) is 10.8. The molecule has 0 spiro atoms. The number of para-hydroxylation sites is 3. The number of nitrogens with two attached hydrogens (primary N) is 1. The van der Waals surface area contributed by atoms with Crippen molar-refractivity contribution in [1.82, 2.24) is 9.97 Å². The molecule has 0 bridgehead atoms. The molecule has 0 fully saturated rings. The van der Waals surface area contributed by atoms with Gasteiger partial charge in [-0.2, -0.15) is 0 Å². The first-order valence-electron chi connectivity index (χ1n) is 7.49. The lowest BCUT2D eigenvalue weighted by Crippen LogP contribution is -2.05. The summed E-state index contributed by atoms with van der Waals surface area (Å²) in [6.07, 6.45) is 2.64. The molecule has 0 aliphatic carbocycles. The fraction of sp³-hybridized carbons (Fsp3) is 0. The summed E-state index contributed by atoms with van der Waals surface area (Å²) in [4.78, 5) is 22.4. The van der Waals surface area contributed by atoms with E-state index in [2.05, 4.69) is 20.3 Å². The quantitative estimate of drug-likeness (QED) is 0.365. The smallest absolute Gasteiger partial charge is 0.353 e. The molecule has 1 heterocycles. The van der Waals surface area contributed by atoms with Crippen LogP contribution >= 0.6 is 0 Å². The van der Waals surface area contributed by atoms with E-state index < -0.39 is 10.6 Å². The summed E-state index contributed by atoms with van der Waals surface area (Å²) in [5, 5.41) is 23.9. The highest BCUT2D eigenvalue weighted by molar-refractivity contribution is 5.87. The molecular weight excluding hydrogens is 336 g/mol. The van der Waals surface area contributed by atoms with Gasteiger partial charge < -0.3 is 16.2 Å². The van der Waals surface area contributed by atoms with Crippen molar-refractivity contribution >= 4 is 34.9 Å². The lowest BCUT2D eigenvalue weighted by molar-refractivity contribution is -0.383. The molecule has 0 saturated heterocycles. The maximum atomic E-state index is 11.2. The zero-order valence-electron chi connectivity index (χ0n) is 13.4. The van der Waals surface area contributed by atoms with E-state index in [9.17, 15) is 15.2 Å². The van der Waals surface area contributed by atoms with Crippen molar-refractivity contribution in [2.24, 2.45) is 4.99 Å². The number of nitrogens with zero attached hydrogens (tertiary/aromatic N) is 4. The standard InChI is InChI=1S/C17H14N6O3/c18-16-15(23(25)26)17(21-10-20-16)22-13-7-3-2-6-12(13)19-9-11-5-1-4-8-14(11)24/h1-10,24H,(H3,18,20,21,22). The zero-order chi connectivity index (χ0) is 18.5. The maximum absolute atomic E-state index is 11.2. The van der Waals surface area contributed by atoms with Crippen LogP contribution in [0.3, 0.4) is 0 Å². The zero-order valence-corrected chi connectivity index (χ0v) is 13.4. The van der Waals surface area contributed by atoms with Gasteiger partial charge in [0.15, 0.2) is 0 Å². The van der Waals surface area contributed by atoms with Crippen LogP contribution in [0.5, 0.6) is 5.75 Å². The molecule has 0 saturated carbocycles. The molecule has 4 N–H and O–H groups in total. The summed E-state index contributed by atoms with van der Waals surface area (Å²) in [5.74, 6) is -0.170. The van der Waals surface area contributed by atoms with Crippen LogP contribution in [0.25, 0.3) is 0 Å². The molecule has 3 rings (SSSR count). The molecule has 0 aliphatic heterocycles. The van der Waals surface area contributed by atoms with Crippen molar-refractivity contribution in [1.29, 1.82) is 0 Å². The number of aromatic nitrogens is 2. The van der Waals surface area contributed by atoms with E-state index in [0.29, 0.717) is 16.9 Å². The number of phenolic OH excluding ortho intramolecular Hbond substituents is 1. The summed E-state index contributed by atoms with van der Waals surface area (Å²) in [6, 6.07) is 13.7. The third-order valence-electron chi connectivity index (χ3n) is 3.47. The summed E-state index contributed by atoms with van der Waals surface area (Å²) >= 11 is 0. The van der Waals surface area contributed by atoms with Crippen molar-refractivity contribution in [2.45, 2.75) is 0 Å². The SMILES string of the molecule is Nc1ncnc(Nc2ccccc2N=Cc2ccccc2O)c1[N+](=O)[O-]. The van der Waals surface area contributed by atoms with Crippen LogP contribution in [0.2, 0.25) is 0 Å². The van der Waals surface area contributed by atoms with Crippen molar-refractivity contribution in [2.75, 3.05) is 11.1 Å². The molecule has 26 heavy (non-hydrogen) atoms. The minimum absolute atomic E-state index is 0.0345. The number of aliphatic imine (C=N–C) groups is 1. The molecule has 3 aromatic rings. The fourth-order valence-electron chi connectivity index (χ4n) is 2.22. The van der Waals surface area contributed by atoms with Gasteiger partial charge in [-0.05, 0) is 24.3 Å². The van der Waals surface area contributed by atoms with Crippen LogP contribution in [0.4, 0.5) is 28.7 Å². The predicted molar refractivity (Wildman–Crippen MR) is 98.2 cm³/mol. The van der Waals surface area contributed by atoms with Gasteiger partial charge >= 0.3 is 5.69 Å². The number of nitrogen functional groups attached to an aromatic ring is 1. The molecule has 0 radical (unpaired) electrons.